The summed E-state index contributed by atoms with van der Waals surface area (Å²) < 4.78 is 0. The van der Waals surface area contributed by atoms with Crippen LogP contribution in [0.25, 0.3) is 0 Å². The lowest BCUT2D eigenvalue weighted by Crippen LogP contribution is -2.48. The molecule has 1 aliphatic heterocycles. The van der Waals surface area contributed by atoms with Crippen molar-refractivity contribution in [1.29, 1.82) is 0 Å². The van der Waals surface area contributed by atoms with Gasteiger partial charge in [-0.1, -0.05) is 57.0 Å². The van der Waals surface area contributed by atoms with E-state index in [0.717, 1.165) is 38.0 Å². The van der Waals surface area contributed by atoms with Crippen molar-refractivity contribution in [3.63, 3.8) is 0 Å². The molecule has 1 N–H and O–H groups in total. The van der Waals surface area contributed by atoms with E-state index >= 15 is 0 Å². The second-order valence-corrected chi connectivity index (χ2v) is 8.68. The number of likely N-dealkylation sites (tertiary alicyclic amines) is 1. The minimum Gasteiger partial charge on any atom is -0.353 e. The first kappa shape index (κ1) is 20.5. The number of nitrogens with zero attached hydrogens (tertiary/aromatic N) is 1. The highest BCUT2D eigenvalue weighted by Crippen LogP contribution is 2.25. The number of hydrogen-bond donors (Lipinski definition) is 1. The normalized spacial score (nSPS) is 19.0. The Kier molecular flexibility index (Phi) is 7.60. The summed E-state index contributed by atoms with van der Waals surface area (Å²) in [4.78, 5) is 15.1. The van der Waals surface area contributed by atoms with Gasteiger partial charge in [-0.15, -0.1) is 0 Å². The van der Waals surface area contributed by atoms with Crippen molar-refractivity contribution in [3.8, 4) is 0 Å². The first-order chi connectivity index (χ1) is 11.8. The fourth-order valence-electron chi connectivity index (χ4n) is 3.69. The van der Waals surface area contributed by atoms with Crippen LogP contribution in [0.5, 0.6) is 0 Å². The molecular formula is C20H30Cl2N2O. The van der Waals surface area contributed by atoms with E-state index in [2.05, 4.69) is 37.9 Å². The van der Waals surface area contributed by atoms with Crippen molar-refractivity contribution in [2.45, 2.75) is 53.1 Å². The standard InChI is InChI=1S/C20H30Cl2N2O/c1-13(2)19(14(3)4)23-20(25)16-6-5-9-24(12-16)11-15-7-8-17(21)10-18(15)22/h7-8,10,13-14,16,19H,5-6,9,11-12H2,1-4H3,(H,23,25). The monoisotopic (exact) mass is 384 g/mol. The first-order valence-electron chi connectivity index (χ1n) is 9.24. The molecule has 0 radical (unpaired) electrons. The Bertz CT molecular complexity index is 581. The maximum atomic E-state index is 12.7. The SMILES string of the molecule is CC(C)C(NC(=O)C1CCCN(Cc2ccc(Cl)cc2Cl)C1)C(C)C. The largest absolute Gasteiger partial charge is 0.353 e. The third-order valence-electron chi connectivity index (χ3n) is 5.03. The van der Waals surface area contributed by atoms with Gasteiger partial charge < -0.3 is 5.32 Å². The highest BCUT2D eigenvalue weighted by atomic mass is 35.5. The van der Waals surface area contributed by atoms with Gasteiger partial charge in [-0.05, 0) is 48.9 Å². The van der Waals surface area contributed by atoms with Crippen LogP contribution in [0.1, 0.15) is 46.1 Å². The molecule has 1 atom stereocenters. The minimum absolute atomic E-state index is 0.0554. The minimum atomic E-state index is 0.0554. The average molecular weight is 385 g/mol. The Labute approximate surface area is 162 Å². The van der Waals surface area contributed by atoms with E-state index < -0.39 is 0 Å². The lowest BCUT2D eigenvalue weighted by molar-refractivity contribution is -0.128. The summed E-state index contributed by atoms with van der Waals surface area (Å²) in [6.45, 7) is 11.2. The topological polar surface area (TPSA) is 32.3 Å². The van der Waals surface area contributed by atoms with Crippen LogP contribution >= 0.6 is 23.2 Å². The van der Waals surface area contributed by atoms with Crippen LogP contribution in [0, 0.1) is 17.8 Å². The first-order valence-corrected chi connectivity index (χ1v) is 10.00. The summed E-state index contributed by atoms with van der Waals surface area (Å²) in [5, 5.41) is 4.62. The maximum Gasteiger partial charge on any atom is 0.224 e. The molecule has 25 heavy (non-hydrogen) atoms. The van der Waals surface area contributed by atoms with E-state index in [0.29, 0.717) is 21.9 Å². The van der Waals surface area contributed by atoms with Crippen molar-refractivity contribution in [2.24, 2.45) is 17.8 Å². The molecule has 1 unspecified atom stereocenters. The number of hydrogen-bond acceptors (Lipinski definition) is 2. The number of halogens is 2. The van der Waals surface area contributed by atoms with Crippen LogP contribution < -0.4 is 5.32 Å². The zero-order valence-corrected chi connectivity index (χ0v) is 17.2. The third kappa shape index (κ3) is 5.87. The summed E-state index contributed by atoms with van der Waals surface area (Å²) in [5.74, 6) is 1.13. The van der Waals surface area contributed by atoms with Crippen LogP contribution in [0.15, 0.2) is 18.2 Å². The molecule has 5 heteroatoms. The van der Waals surface area contributed by atoms with Gasteiger partial charge in [-0.3, -0.25) is 9.69 Å². The lowest BCUT2D eigenvalue weighted by atomic mass is 9.91. The summed E-state index contributed by atoms with van der Waals surface area (Å²) in [6.07, 6.45) is 2.00. The molecule has 1 saturated heterocycles. The summed E-state index contributed by atoms with van der Waals surface area (Å²) in [7, 11) is 0. The molecule has 0 aromatic heterocycles. The van der Waals surface area contributed by atoms with E-state index in [1.54, 1.807) is 6.07 Å². The van der Waals surface area contributed by atoms with Gasteiger partial charge in [0.15, 0.2) is 0 Å². The van der Waals surface area contributed by atoms with Crippen LogP contribution in [0.3, 0.4) is 0 Å². The van der Waals surface area contributed by atoms with Crippen molar-refractivity contribution in [2.75, 3.05) is 13.1 Å². The average Bonchev–Trinajstić information content (AvgIpc) is 2.54. The lowest BCUT2D eigenvalue weighted by Gasteiger charge is -2.34. The second kappa shape index (κ2) is 9.25. The maximum absolute atomic E-state index is 12.7. The van der Waals surface area contributed by atoms with E-state index in [4.69, 9.17) is 23.2 Å². The fraction of sp³-hybridized carbons (Fsp3) is 0.650. The third-order valence-corrected chi connectivity index (χ3v) is 5.62. The summed E-state index contributed by atoms with van der Waals surface area (Å²) in [5.41, 5.74) is 1.06. The Balaban J connectivity index is 1.96. The fourth-order valence-corrected chi connectivity index (χ4v) is 4.16. The molecule has 1 aromatic rings. The molecular weight excluding hydrogens is 355 g/mol. The smallest absolute Gasteiger partial charge is 0.224 e. The molecule has 1 amide bonds. The summed E-state index contributed by atoms with van der Waals surface area (Å²) in [6, 6.07) is 5.85. The van der Waals surface area contributed by atoms with Crippen LogP contribution in [0.2, 0.25) is 10.0 Å². The number of carbonyl (C=O) groups is 1. The number of piperidine rings is 1. The molecule has 3 nitrogen and oxygen atoms in total. The number of carbonyl (C=O) groups excluding carboxylic acids is 1. The molecule has 1 heterocycles. The van der Waals surface area contributed by atoms with Gasteiger partial charge in [0.2, 0.25) is 5.91 Å². The molecule has 1 fully saturated rings. The van der Waals surface area contributed by atoms with E-state index in [1.165, 1.54) is 0 Å². The Hall–Kier alpha value is -0.770. The van der Waals surface area contributed by atoms with Gasteiger partial charge in [0.25, 0.3) is 0 Å². The van der Waals surface area contributed by atoms with Gasteiger partial charge >= 0.3 is 0 Å². The molecule has 140 valence electrons. The van der Waals surface area contributed by atoms with Crippen molar-refractivity contribution in [1.82, 2.24) is 10.2 Å². The zero-order chi connectivity index (χ0) is 18.6. The molecule has 2 rings (SSSR count). The summed E-state index contributed by atoms with van der Waals surface area (Å²) >= 11 is 12.3. The van der Waals surface area contributed by atoms with Gasteiger partial charge in [-0.2, -0.15) is 0 Å². The molecule has 0 bridgehead atoms. The van der Waals surface area contributed by atoms with Gasteiger partial charge in [0.05, 0.1) is 5.92 Å². The Morgan fingerprint density at radius 2 is 1.92 bits per heavy atom. The number of rotatable bonds is 6. The van der Waals surface area contributed by atoms with Crippen LogP contribution in [-0.2, 0) is 11.3 Å². The van der Waals surface area contributed by atoms with E-state index in [9.17, 15) is 4.79 Å². The Morgan fingerprint density at radius 1 is 1.24 bits per heavy atom. The quantitative estimate of drug-likeness (QED) is 0.747. The van der Waals surface area contributed by atoms with Crippen molar-refractivity contribution >= 4 is 29.1 Å². The zero-order valence-electron chi connectivity index (χ0n) is 15.7. The van der Waals surface area contributed by atoms with Gasteiger partial charge in [0.1, 0.15) is 0 Å². The van der Waals surface area contributed by atoms with E-state index in [-0.39, 0.29) is 17.9 Å². The number of nitrogens with one attached hydrogen (secondary N) is 1. The van der Waals surface area contributed by atoms with Gasteiger partial charge in [-0.25, -0.2) is 0 Å². The highest BCUT2D eigenvalue weighted by Gasteiger charge is 2.29. The number of amides is 1. The predicted octanol–water partition coefficient (Wildman–Crippen LogP) is 5.00. The Morgan fingerprint density at radius 3 is 2.52 bits per heavy atom. The predicted molar refractivity (Wildman–Crippen MR) is 106 cm³/mol. The second-order valence-electron chi connectivity index (χ2n) is 7.83. The van der Waals surface area contributed by atoms with Crippen molar-refractivity contribution in [3.05, 3.63) is 33.8 Å². The molecule has 0 saturated carbocycles. The molecule has 0 spiro atoms. The number of benzene rings is 1. The molecule has 1 aliphatic rings. The van der Waals surface area contributed by atoms with Gasteiger partial charge in [0, 0.05) is 29.2 Å². The van der Waals surface area contributed by atoms with Crippen LogP contribution in [0.4, 0.5) is 0 Å². The van der Waals surface area contributed by atoms with Crippen molar-refractivity contribution < 1.29 is 4.79 Å². The van der Waals surface area contributed by atoms with Crippen LogP contribution in [-0.4, -0.2) is 29.9 Å². The molecule has 1 aromatic carbocycles. The molecule has 0 aliphatic carbocycles. The van der Waals surface area contributed by atoms with E-state index in [1.807, 2.05) is 12.1 Å². The highest BCUT2D eigenvalue weighted by molar-refractivity contribution is 6.35.